The third kappa shape index (κ3) is 6.03. The lowest BCUT2D eigenvalue weighted by Gasteiger charge is -2.24. The largest absolute Gasteiger partial charge is 0.507 e. The molecule has 4 nitrogen and oxygen atoms in total. The van der Waals surface area contributed by atoms with Crippen LogP contribution in [0.4, 0.5) is 0 Å². The molecule has 6 rings (SSSR count). The van der Waals surface area contributed by atoms with E-state index < -0.39 is 0 Å². The maximum Gasteiger partial charge on any atom is 0.124 e. The molecule has 1 aliphatic carbocycles. The van der Waals surface area contributed by atoms with Crippen LogP contribution >= 0.6 is 0 Å². The lowest BCUT2D eigenvalue weighted by Crippen LogP contribution is -2.43. The molecular formula is C32H34N2O2. The Kier molecular flexibility index (Phi) is 8.56. The summed E-state index contributed by atoms with van der Waals surface area (Å²) in [5.74, 6) is 0.343. The summed E-state index contributed by atoms with van der Waals surface area (Å²) in [6.45, 7) is 0. The summed E-state index contributed by atoms with van der Waals surface area (Å²) in [5, 5.41) is 24.8. The van der Waals surface area contributed by atoms with E-state index in [4.69, 9.17) is 11.5 Å². The molecule has 1 saturated carbocycles. The molecular weight excluding hydrogens is 444 g/mol. The van der Waals surface area contributed by atoms with Crippen LogP contribution in [0.15, 0.2) is 109 Å². The van der Waals surface area contributed by atoms with Gasteiger partial charge < -0.3 is 21.7 Å². The first kappa shape index (κ1) is 25.2. The molecule has 0 aliphatic heterocycles. The lowest BCUT2D eigenvalue weighted by atomic mass is 9.92. The molecule has 6 N–H and O–H groups in total. The number of hydrogen-bond acceptors (Lipinski definition) is 4. The van der Waals surface area contributed by atoms with Crippen LogP contribution in [-0.2, 0) is 0 Å². The van der Waals surface area contributed by atoms with Crippen LogP contribution in [0.5, 0.6) is 11.5 Å². The highest BCUT2D eigenvalue weighted by atomic mass is 16.3. The van der Waals surface area contributed by atoms with E-state index in [0.717, 1.165) is 34.4 Å². The van der Waals surface area contributed by atoms with Crippen LogP contribution in [0.1, 0.15) is 25.7 Å². The molecule has 0 radical (unpaired) electrons. The molecule has 5 aromatic rings. The normalized spacial score (nSPS) is 16.9. The second-order valence-electron chi connectivity index (χ2n) is 9.13. The van der Waals surface area contributed by atoms with E-state index in [0.29, 0.717) is 11.1 Å². The fraction of sp³-hybridized carbons (Fsp3) is 0.188. The average Bonchev–Trinajstić information content (AvgIpc) is 2.93. The van der Waals surface area contributed by atoms with Gasteiger partial charge in [-0.25, -0.2) is 0 Å². The molecule has 1 aliphatic rings. The Hall–Kier alpha value is -3.86. The zero-order valence-corrected chi connectivity index (χ0v) is 20.4. The van der Waals surface area contributed by atoms with E-state index in [1.807, 2.05) is 97.1 Å². The molecule has 0 saturated heterocycles. The Morgan fingerprint density at radius 1 is 0.472 bits per heavy atom. The van der Waals surface area contributed by atoms with Gasteiger partial charge in [-0.05, 0) is 46.5 Å². The summed E-state index contributed by atoms with van der Waals surface area (Å²) >= 11 is 0. The van der Waals surface area contributed by atoms with Crippen molar-refractivity contribution in [1.82, 2.24) is 0 Å². The highest BCUT2D eigenvalue weighted by Crippen LogP contribution is 2.44. The second kappa shape index (κ2) is 12.2. The average molecular weight is 479 g/mol. The third-order valence-corrected chi connectivity index (χ3v) is 6.61. The minimum Gasteiger partial charge on any atom is -0.507 e. The van der Waals surface area contributed by atoms with Crippen molar-refractivity contribution < 1.29 is 10.2 Å². The fourth-order valence-electron chi connectivity index (χ4n) is 4.62. The molecule has 4 heteroatoms. The predicted octanol–water partition coefficient (Wildman–Crippen LogP) is 6.97. The first-order valence-electron chi connectivity index (χ1n) is 12.5. The van der Waals surface area contributed by atoms with Crippen molar-refractivity contribution in [2.45, 2.75) is 37.8 Å². The first-order chi connectivity index (χ1) is 17.6. The summed E-state index contributed by atoms with van der Waals surface area (Å²) in [4.78, 5) is 0. The standard InChI is InChI=1S/C20H14O2.C6H14N2.C6H6/c21-17-11-9-13-5-1-3-7-15(13)19(17)20-16-8-4-2-6-14(16)10-12-18(20)22;7-5-3-1-2-4-6(5)8;1-2-4-6-5-3-1/h1-12,21-22H;5-6H,1-4,7-8H2;1-6H. The molecule has 0 aromatic heterocycles. The van der Waals surface area contributed by atoms with Crippen LogP contribution in [0, 0.1) is 0 Å². The van der Waals surface area contributed by atoms with Crippen molar-refractivity contribution in [3.8, 4) is 22.6 Å². The molecule has 1 fully saturated rings. The smallest absolute Gasteiger partial charge is 0.124 e. The van der Waals surface area contributed by atoms with E-state index >= 15 is 0 Å². The summed E-state index contributed by atoms with van der Waals surface area (Å²) < 4.78 is 0. The Morgan fingerprint density at radius 2 is 0.833 bits per heavy atom. The molecule has 0 bridgehead atoms. The van der Waals surface area contributed by atoms with E-state index in [-0.39, 0.29) is 23.6 Å². The fourth-order valence-corrected chi connectivity index (χ4v) is 4.62. The quantitative estimate of drug-likeness (QED) is 0.209. The maximum absolute atomic E-state index is 10.4. The number of aromatic hydroxyl groups is 2. The van der Waals surface area contributed by atoms with Gasteiger partial charge >= 0.3 is 0 Å². The van der Waals surface area contributed by atoms with Gasteiger partial charge in [-0.15, -0.1) is 0 Å². The summed E-state index contributed by atoms with van der Waals surface area (Å²) in [7, 11) is 0. The summed E-state index contributed by atoms with van der Waals surface area (Å²) in [5.41, 5.74) is 12.7. The number of nitrogens with two attached hydrogens (primary N) is 2. The molecule has 184 valence electrons. The van der Waals surface area contributed by atoms with Crippen LogP contribution < -0.4 is 11.5 Å². The number of phenols is 2. The van der Waals surface area contributed by atoms with Gasteiger partial charge in [-0.1, -0.05) is 110 Å². The second-order valence-corrected chi connectivity index (χ2v) is 9.13. The SMILES string of the molecule is NC1CCCCC1N.Oc1ccc2ccccc2c1-c1c(O)ccc2ccccc12.c1ccccc1. The van der Waals surface area contributed by atoms with Crippen molar-refractivity contribution >= 4 is 21.5 Å². The van der Waals surface area contributed by atoms with Crippen molar-refractivity contribution in [3.63, 3.8) is 0 Å². The Balaban J connectivity index is 0.000000177. The van der Waals surface area contributed by atoms with E-state index in [1.165, 1.54) is 12.8 Å². The van der Waals surface area contributed by atoms with Crippen LogP contribution in [0.25, 0.3) is 32.7 Å². The Labute approximate surface area is 212 Å². The Bertz CT molecular complexity index is 1280. The third-order valence-electron chi connectivity index (χ3n) is 6.61. The molecule has 2 atom stereocenters. The van der Waals surface area contributed by atoms with Crippen LogP contribution in [-0.4, -0.2) is 22.3 Å². The minimum absolute atomic E-state index is 0.172. The van der Waals surface area contributed by atoms with Gasteiger partial charge in [0.1, 0.15) is 11.5 Å². The van der Waals surface area contributed by atoms with Crippen molar-refractivity contribution in [2.75, 3.05) is 0 Å². The molecule has 0 amide bonds. The van der Waals surface area contributed by atoms with Crippen molar-refractivity contribution in [1.29, 1.82) is 0 Å². The van der Waals surface area contributed by atoms with E-state index in [2.05, 4.69) is 0 Å². The molecule has 0 spiro atoms. The minimum atomic E-state index is 0.172. The number of hydrogen-bond donors (Lipinski definition) is 4. The summed E-state index contributed by atoms with van der Waals surface area (Å²) in [6, 6.07) is 35.4. The van der Waals surface area contributed by atoms with Crippen molar-refractivity contribution in [2.24, 2.45) is 11.5 Å². The summed E-state index contributed by atoms with van der Waals surface area (Å²) in [6.07, 6.45) is 4.80. The maximum atomic E-state index is 10.4. The van der Waals surface area contributed by atoms with Gasteiger partial charge in [-0.2, -0.15) is 0 Å². The molecule has 5 aromatic carbocycles. The number of benzene rings is 5. The Morgan fingerprint density at radius 3 is 1.19 bits per heavy atom. The number of phenolic OH excluding ortho intramolecular Hbond substituents is 2. The van der Waals surface area contributed by atoms with Gasteiger partial charge in [0, 0.05) is 23.2 Å². The predicted molar refractivity (Wildman–Crippen MR) is 151 cm³/mol. The highest BCUT2D eigenvalue weighted by Gasteiger charge is 2.17. The number of fused-ring (bicyclic) bond motifs is 2. The lowest BCUT2D eigenvalue weighted by molar-refractivity contribution is 0.385. The van der Waals surface area contributed by atoms with Crippen molar-refractivity contribution in [3.05, 3.63) is 109 Å². The van der Waals surface area contributed by atoms with Gasteiger partial charge in [0.2, 0.25) is 0 Å². The van der Waals surface area contributed by atoms with E-state index in [9.17, 15) is 10.2 Å². The topological polar surface area (TPSA) is 92.5 Å². The van der Waals surface area contributed by atoms with Gasteiger partial charge in [0.15, 0.2) is 0 Å². The van der Waals surface area contributed by atoms with Gasteiger partial charge in [0.05, 0.1) is 0 Å². The molecule has 0 heterocycles. The highest BCUT2D eigenvalue weighted by molar-refractivity contribution is 6.09. The zero-order chi connectivity index (χ0) is 25.3. The monoisotopic (exact) mass is 478 g/mol. The van der Waals surface area contributed by atoms with Crippen LogP contribution in [0.2, 0.25) is 0 Å². The first-order valence-corrected chi connectivity index (χ1v) is 12.5. The molecule has 36 heavy (non-hydrogen) atoms. The van der Waals surface area contributed by atoms with E-state index in [1.54, 1.807) is 12.1 Å². The van der Waals surface area contributed by atoms with Crippen LogP contribution in [0.3, 0.4) is 0 Å². The number of rotatable bonds is 1. The zero-order valence-electron chi connectivity index (χ0n) is 20.4. The van der Waals surface area contributed by atoms with Gasteiger partial charge in [-0.3, -0.25) is 0 Å². The molecule has 2 unspecified atom stereocenters. The van der Waals surface area contributed by atoms with Gasteiger partial charge in [0.25, 0.3) is 0 Å².